The zero-order valence-corrected chi connectivity index (χ0v) is 31.7. The number of benzene rings is 4. The third kappa shape index (κ3) is 7.85. The second-order valence-electron chi connectivity index (χ2n) is 15.1. The van der Waals surface area contributed by atoms with Crippen molar-refractivity contribution < 1.29 is 13.6 Å². The maximum Gasteiger partial charge on any atom is 0.321 e. The highest BCUT2D eigenvalue weighted by Crippen LogP contribution is 2.46. The quantitative estimate of drug-likeness (QED) is 0.162. The lowest BCUT2D eigenvalue weighted by Gasteiger charge is -2.47. The zero-order chi connectivity index (χ0) is 38.6. The molecule has 4 unspecified atom stereocenters. The smallest absolute Gasteiger partial charge is 0.321 e. The molecule has 6 aromatic rings. The number of amides is 2. The minimum atomic E-state index is -0.319. The van der Waals surface area contributed by atoms with E-state index in [1.54, 1.807) is 12.4 Å². The van der Waals surface area contributed by atoms with Gasteiger partial charge in [-0.3, -0.25) is 9.97 Å². The van der Waals surface area contributed by atoms with Crippen LogP contribution in [0.15, 0.2) is 134 Å². The van der Waals surface area contributed by atoms with Gasteiger partial charge >= 0.3 is 6.03 Å². The molecule has 2 N–H and O–H groups in total. The van der Waals surface area contributed by atoms with Gasteiger partial charge in [0.15, 0.2) is 0 Å². The van der Waals surface area contributed by atoms with Gasteiger partial charge in [0.05, 0.1) is 12.1 Å². The Balaban J connectivity index is 1.18. The van der Waals surface area contributed by atoms with E-state index in [4.69, 9.17) is 0 Å². The molecule has 0 saturated carbocycles. The van der Waals surface area contributed by atoms with Crippen LogP contribution in [0, 0.1) is 25.5 Å². The standard InChI is InChI=1S/C47H46F2N6O/c1-31-7-3-5-9-41(31)52-43-19-23-50-29-39(43)45-27-35(33-11-15-37(48)16-12-33)21-25-54(45)47(56)55-26-22-36(34-13-17-38(49)18-14-34)28-46(55)40-30-51-24-20-44(40)53-42-10-6-4-8-32(42)2/h3-20,23-24,29-30,35-36,45-46H,21-22,25-28H2,1-2H3,(H,50,52)(H,51,53). The highest BCUT2D eigenvalue weighted by atomic mass is 19.1. The summed E-state index contributed by atoms with van der Waals surface area (Å²) < 4.78 is 28.1. The zero-order valence-electron chi connectivity index (χ0n) is 31.7. The van der Waals surface area contributed by atoms with E-state index >= 15 is 4.79 Å². The first kappa shape index (κ1) is 36.9. The molecule has 56 heavy (non-hydrogen) atoms. The molecule has 0 aliphatic carbocycles. The van der Waals surface area contributed by atoms with E-state index in [9.17, 15) is 8.78 Å². The Labute approximate surface area is 327 Å². The summed E-state index contributed by atoms with van der Waals surface area (Å²) in [6, 6.07) is 33.1. The Kier molecular flexibility index (Phi) is 10.8. The Bertz CT molecular complexity index is 2140. The Hall–Kier alpha value is -6.09. The number of nitrogens with zero attached hydrogens (tertiary/aromatic N) is 4. The van der Waals surface area contributed by atoms with Crippen molar-refractivity contribution in [2.45, 2.75) is 63.5 Å². The largest absolute Gasteiger partial charge is 0.355 e. The first-order valence-electron chi connectivity index (χ1n) is 19.4. The fourth-order valence-corrected chi connectivity index (χ4v) is 8.51. The van der Waals surface area contributed by atoms with Crippen molar-refractivity contribution in [3.63, 3.8) is 0 Å². The Morgan fingerprint density at radius 3 is 1.39 bits per heavy atom. The second-order valence-corrected chi connectivity index (χ2v) is 15.1. The van der Waals surface area contributed by atoms with Crippen LogP contribution in [0.5, 0.6) is 0 Å². The number of hydrogen-bond donors (Lipinski definition) is 2. The molecule has 2 aliphatic heterocycles. The number of anilines is 4. The number of urea groups is 1. The summed E-state index contributed by atoms with van der Waals surface area (Å²) in [5, 5.41) is 7.31. The summed E-state index contributed by atoms with van der Waals surface area (Å²) in [6.45, 7) is 5.16. The Morgan fingerprint density at radius 2 is 0.982 bits per heavy atom. The van der Waals surface area contributed by atoms with Gasteiger partial charge in [-0.05, 0) is 122 Å². The number of likely N-dealkylation sites (tertiary alicyclic amines) is 2. The molecule has 2 saturated heterocycles. The van der Waals surface area contributed by atoms with E-state index < -0.39 is 0 Å². The average molecular weight is 749 g/mol. The normalized spacial score (nSPS) is 19.7. The molecule has 7 nitrogen and oxygen atoms in total. The number of carbonyl (C=O) groups is 1. The molecule has 4 aromatic carbocycles. The molecular weight excluding hydrogens is 703 g/mol. The van der Waals surface area contributed by atoms with Gasteiger partial charge in [-0.1, -0.05) is 60.7 Å². The highest BCUT2D eigenvalue weighted by Gasteiger charge is 2.41. The van der Waals surface area contributed by atoms with Crippen molar-refractivity contribution in [3.05, 3.63) is 179 Å². The number of para-hydroxylation sites is 2. The van der Waals surface area contributed by atoms with Crippen LogP contribution in [-0.2, 0) is 0 Å². The number of aryl methyl sites for hydroxylation is 2. The molecule has 4 atom stereocenters. The summed E-state index contributed by atoms with van der Waals surface area (Å²) in [7, 11) is 0. The van der Waals surface area contributed by atoms with Crippen LogP contribution in [0.1, 0.15) is 83.0 Å². The number of rotatable bonds is 8. The van der Waals surface area contributed by atoms with Crippen molar-refractivity contribution in [3.8, 4) is 0 Å². The third-order valence-electron chi connectivity index (χ3n) is 11.6. The van der Waals surface area contributed by atoms with E-state index in [1.165, 1.54) is 24.3 Å². The number of hydrogen-bond acceptors (Lipinski definition) is 5. The van der Waals surface area contributed by atoms with E-state index in [2.05, 4.69) is 58.7 Å². The number of nitrogens with one attached hydrogen (secondary N) is 2. The van der Waals surface area contributed by atoms with Gasteiger partial charge in [0, 0.05) is 71.8 Å². The topological polar surface area (TPSA) is 73.4 Å². The molecule has 2 aliphatic rings. The SMILES string of the molecule is Cc1ccccc1Nc1ccncc1C1CC(c2ccc(F)cc2)CCN1C(=O)N1CCC(c2ccc(F)cc2)CC1c1cnccc1Nc1ccccc1C. The van der Waals surface area contributed by atoms with Crippen molar-refractivity contribution in [2.24, 2.45) is 0 Å². The summed E-state index contributed by atoms with van der Waals surface area (Å²) in [5.41, 5.74) is 9.93. The van der Waals surface area contributed by atoms with E-state index in [-0.39, 0.29) is 41.6 Å². The summed E-state index contributed by atoms with van der Waals surface area (Å²) in [4.78, 5) is 28.6. The molecule has 9 heteroatoms. The van der Waals surface area contributed by atoms with Gasteiger partial charge in [0.25, 0.3) is 0 Å². The first-order valence-corrected chi connectivity index (χ1v) is 19.4. The lowest BCUT2D eigenvalue weighted by Crippen LogP contribution is -2.51. The van der Waals surface area contributed by atoms with Crippen molar-refractivity contribution in [1.82, 2.24) is 19.8 Å². The second kappa shape index (κ2) is 16.3. The number of carbonyl (C=O) groups excluding carboxylic acids is 1. The molecule has 2 amide bonds. The Morgan fingerprint density at radius 1 is 0.571 bits per heavy atom. The molecule has 0 spiro atoms. The number of halogens is 2. The predicted octanol–water partition coefficient (Wildman–Crippen LogP) is 11.5. The average Bonchev–Trinajstić information content (AvgIpc) is 3.23. The fourth-order valence-electron chi connectivity index (χ4n) is 8.51. The van der Waals surface area contributed by atoms with Gasteiger partial charge < -0.3 is 20.4 Å². The summed E-state index contributed by atoms with van der Waals surface area (Å²) >= 11 is 0. The minimum absolute atomic E-state index is 0.0495. The molecule has 4 heterocycles. The molecular formula is C47H46F2N6O. The summed E-state index contributed by atoms with van der Waals surface area (Å²) in [6.07, 6.45) is 10.1. The van der Waals surface area contributed by atoms with Crippen LogP contribution in [0.3, 0.4) is 0 Å². The van der Waals surface area contributed by atoms with Crippen molar-refractivity contribution in [1.29, 1.82) is 0 Å². The van der Waals surface area contributed by atoms with E-state index in [0.717, 1.165) is 69.0 Å². The lowest BCUT2D eigenvalue weighted by molar-refractivity contribution is 0.0794. The fraction of sp³-hybridized carbons (Fsp3) is 0.255. The van der Waals surface area contributed by atoms with Crippen LogP contribution in [0.4, 0.5) is 36.3 Å². The van der Waals surface area contributed by atoms with Gasteiger partial charge in [0.1, 0.15) is 11.6 Å². The van der Waals surface area contributed by atoms with Crippen LogP contribution >= 0.6 is 0 Å². The number of piperidine rings is 2. The van der Waals surface area contributed by atoms with Crippen LogP contribution in [0.2, 0.25) is 0 Å². The molecule has 2 aromatic heterocycles. The first-order chi connectivity index (χ1) is 27.3. The maximum absolute atomic E-state index is 15.4. The third-order valence-corrected chi connectivity index (χ3v) is 11.6. The molecule has 2 fully saturated rings. The number of aromatic nitrogens is 2. The van der Waals surface area contributed by atoms with Gasteiger partial charge in [-0.2, -0.15) is 0 Å². The number of pyridine rings is 2. The molecule has 284 valence electrons. The molecule has 8 rings (SSSR count). The summed E-state index contributed by atoms with van der Waals surface area (Å²) in [5.74, 6) is -0.313. The molecule has 0 radical (unpaired) electrons. The van der Waals surface area contributed by atoms with E-state index in [1.807, 2.05) is 82.9 Å². The van der Waals surface area contributed by atoms with Gasteiger partial charge in [0.2, 0.25) is 0 Å². The lowest BCUT2D eigenvalue weighted by atomic mass is 9.81. The predicted molar refractivity (Wildman–Crippen MR) is 218 cm³/mol. The van der Waals surface area contributed by atoms with Crippen LogP contribution < -0.4 is 10.6 Å². The molecule has 0 bridgehead atoms. The van der Waals surface area contributed by atoms with Crippen molar-refractivity contribution in [2.75, 3.05) is 23.7 Å². The van der Waals surface area contributed by atoms with Crippen LogP contribution in [-0.4, -0.2) is 38.9 Å². The van der Waals surface area contributed by atoms with Gasteiger partial charge in [-0.25, -0.2) is 13.6 Å². The van der Waals surface area contributed by atoms with Crippen LogP contribution in [0.25, 0.3) is 0 Å². The van der Waals surface area contributed by atoms with E-state index in [0.29, 0.717) is 25.9 Å². The van der Waals surface area contributed by atoms with Crippen molar-refractivity contribution >= 4 is 28.8 Å². The minimum Gasteiger partial charge on any atom is -0.355 e. The van der Waals surface area contributed by atoms with Gasteiger partial charge in [-0.15, -0.1) is 0 Å². The monoisotopic (exact) mass is 748 g/mol. The highest BCUT2D eigenvalue weighted by molar-refractivity contribution is 5.78. The maximum atomic E-state index is 15.4.